The number of benzene rings is 2. The van der Waals surface area contributed by atoms with Crippen molar-refractivity contribution in [3.05, 3.63) is 64.2 Å². The average molecular weight is 327 g/mol. The highest BCUT2D eigenvalue weighted by atomic mass is 32.1. The summed E-state index contributed by atoms with van der Waals surface area (Å²) in [5.74, 6) is 0.397. The summed E-state index contributed by atoms with van der Waals surface area (Å²) >= 11 is 9.81. The number of fused-ring (bicyclic) bond motifs is 2. The molecular formula is C20H22S2. The number of rotatable bonds is 1. The van der Waals surface area contributed by atoms with Gasteiger partial charge in [0.2, 0.25) is 0 Å². The summed E-state index contributed by atoms with van der Waals surface area (Å²) in [5.41, 5.74) is 7.55. The quantitative estimate of drug-likeness (QED) is 0.659. The molecule has 0 saturated heterocycles. The van der Waals surface area contributed by atoms with Crippen molar-refractivity contribution in [1.29, 1.82) is 0 Å². The third kappa shape index (κ3) is 2.41. The molecule has 0 nitrogen and oxygen atoms in total. The topological polar surface area (TPSA) is 0 Å². The first kappa shape index (κ1) is 14.7. The first-order valence-electron chi connectivity index (χ1n) is 8.35. The van der Waals surface area contributed by atoms with Gasteiger partial charge in [0.05, 0.1) is 0 Å². The lowest BCUT2D eigenvalue weighted by Crippen LogP contribution is -2.24. The van der Waals surface area contributed by atoms with E-state index in [9.17, 15) is 0 Å². The van der Waals surface area contributed by atoms with Crippen LogP contribution in [-0.2, 0) is 19.3 Å². The van der Waals surface area contributed by atoms with Gasteiger partial charge >= 0.3 is 0 Å². The molecule has 0 bridgehead atoms. The van der Waals surface area contributed by atoms with Crippen LogP contribution in [0, 0.1) is 0 Å². The molecule has 2 aliphatic carbocycles. The van der Waals surface area contributed by atoms with Crippen LogP contribution in [-0.4, -0.2) is 5.25 Å². The normalized spacial score (nSPS) is 23.7. The minimum absolute atomic E-state index is 0.397. The van der Waals surface area contributed by atoms with Crippen LogP contribution in [0.5, 0.6) is 0 Å². The monoisotopic (exact) mass is 326 g/mol. The summed E-state index contributed by atoms with van der Waals surface area (Å²) in [6.07, 6.45) is 7.37. The molecule has 0 unspecified atom stereocenters. The summed E-state index contributed by atoms with van der Waals surface area (Å²) < 4.78 is 0. The smallest absolute Gasteiger partial charge is 0.0222 e. The van der Waals surface area contributed by atoms with E-state index in [0.717, 1.165) is 17.7 Å². The second kappa shape index (κ2) is 5.98. The Balaban J connectivity index is 1.92. The Bertz CT molecular complexity index is 705. The summed E-state index contributed by atoms with van der Waals surface area (Å²) in [6, 6.07) is 13.4. The zero-order valence-corrected chi connectivity index (χ0v) is 14.5. The van der Waals surface area contributed by atoms with Crippen LogP contribution in [0.4, 0.5) is 0 Å². The first-order valence-corrected chi connectivity index (χ1v) is 9.31. The standard InChI is InChI=1S/C20H22S2/c21-17-11-9-13-5-1-3-7-15(13)19(17)20-16-8-4-2-6-14(16)10-12-18(20)22/h1,3,5,7,10,12,17,19,21-22H,2,4,6,8-9,11H2/t17-,19+/m1/s1. The Hall–Kier alpha value is -0.860. The van der Waals surface area contributed by atoms with Crippen molar-refractivity contribution in [2.75, 3.05) is 0 Å². The molecule has 22 heavy (non-hydrogen) atoms. The van der Waals surface area contributed by atoms with Gasteiger partial charge in [0, 0.05) is 16.1 Å². The van der Waals surface area contributed by atoms with Crippen molar-refractivity contribution in [2.24, 2.45) is 0 Å². The van der Waals surface area contributed by atoms with Crippen LogP contribution < -0.4 is 0 Å². The summed E-state index contributed by atoms with van der Waals surface area (Å²) in [5, 5.41) is 0.397. The highest BCUT2D eigenvalue weighted by molar-refractivity contribution is 7.81. The van der Waals surface area contributed by atoms with Crippen LogP contribution in [0.25, 0.3) is 0 Å². The van der Waals surface area contributed by atoms with Crippen LogP contribution in [0.1, 0.15) is 53.0 Å². The maximum atomic E-state index is 4.97. The second-order valence-electron chi connectivity index (χ2n) is 6.63. The fourth-order valence-corrected chi connectivity index (χ4v) is 5.07. The first-order chi connectivity index (χ1) is 10.8. The van der Waals surface area contributed by atoms with Crippen LogP contribution in [0.15, 0.2) is 41.3 Å². The predicted molar refractivity (Wildman–Crippen MR) is 99.7 cm³/mol. The number of hydrogen-bond acceptors (Lipinski definition) is 2. The van der Waals surface area contributed by atoms with Crippen molar-refractivity contribution < 1.29 is 0 Å². The van der Waals surface area contributed by atoms with E-state index in [0.29, 0.717) is 11.2 Å². The molecule has 0 aromatic heterocycles. The lowest BCUT2D eigenvalue weighted by molar-refractivity contribution is 0.608. The zero-order chi connectivity index (χ0) is 15.1. The summed E-state index contributed by atoms with van der Waals surface area (Å²) in [4.78, 5) is 1.15. The van der Waals surface area contributed by atoms with Gasteiger partial charge in [-0.15, -0.1) is 12.6 Å². The Kier molecular flexibility index (Phi) is 4.00. The summed E-state index contributed by atoms with van der Waals surface area (Å²) in [6.45, 7) is 0. The lowest BCUT2D eigenvalue weighted by Gasteiger charge is -2.35. The lowest BCUT2D eigenvalue weighted by atomic mass is 9.74. The van der Waals surface area contributed by atoms with Gasteiger partial charge in [-0.05, 0) is 72.4 Å². The molecule has 0 N–H and O–H groups in total. The molecule has 0 radical (unpaired) electrons. The third-order valence-corrected chi connectivity index (χ3v) is 6.30. The van der Waals surface area contributed by atoms with Gasteiger partial charge in [-0.2, -0.15) is 12.6 Å². The molecule has 0 saturated carbocycles. The van der Waals surface area contributed by atoms with Crippen LogP contribution >= 0.6 is 25.3 Å². The maximum absolute atomic E-state index is 4.97. The van der Waals surface area contributed by atoms with E-state index in [1.807, 2.05) is 0 Å². The molecule has 2 heteroatoms. The van der Waals surface area contributed by atoms with E-state index in [1.165, 1.54) is 42.4 Å². The van der Waals surface area contributed by atoms with Crippen molar-refractivity contribution in [3.63, 3.8) is 0 Å². The fraction of sp³-hybridized carbons (Fsp3) is 0.400. The van der Waals surface area contributed by atoms with Gasteiger partial charge in [0.25, 0.3) is 0 Å². The Labute approximate surface area is 144 Å². The number of thiol groups is 2. The molecule has 0 aliphatic heterocycles. The minimum atomic E-state index is 0.397. The molecule has 2 aliphatic rings. The van der Waals surface area contributed by atoms with Crippen molar-refractivity contribution in [1.82, 2.24) is 0 Å². The van der Waals surface area contributed by atoms with Crippen molar-refractivity contribution in [3.8, 4) is 0 Å². The van der Waals surface area contributed by atoms with Gasteiger partial charge < -0.3 is 0 Å². The van der Waals surface area contributed by atoms with Crippen molar-refractivity contribution in [2.45, 2.75) is 54.6 Å². The zero-order valence-electron chi connectivity index (χ0n) is 12.8. The Morgan fingerprint density at radius 1 is 0.864 bits per heavy atom. The predicted octanol–water partition coefficient (Wildman–Crippen LogP) is 5.23. The molecule has 2 aromatic rings. The van der Waals surface area contributed by atoms with Gasteiger partial charge in [0.15, 0.2) is 0 Å². The van der Waals surface area contributed by atoms with E-state index in [1.54, 1.807) is 11.1 Å². The maximum Gasteiger partial charge on any atom is 0.0222 e. The molecular weight excluding hydrogens is 304 g/mol. The molecule has 2 atom stereocenters. The molecule has 0 heterocycles. The number of hydrogen-bond donors (Lipinski definition) is 2. The molecule has 114 valence electrons. The SMILES string of the molecule is Sc1ccc2c(c1[C@H]1c3ccccc3CC[C@H]1S)CCCC2. The van der Waals surface area contributed by atoms with Crippen LogP contribution in [0.2, 0.25) is 0 Å². The average Bonchev–Trinajstić information content (AvgIpc) is 2.56. The van der Waals surface area contributed by atoms with E-state index >= 15 is 0 Å². The van der Waals surface area contributed by atoms with Gasteiger partial charge in [-0.1, -0.05) is 30.3 Å². The molecule has 4 rings (SSSR count). The Morgan fingerprint density at radius 3 is 2.59 bits per heavy atom. The highest BCUT2D eigenvalue weighted by Crippen LogP contribution is 2.44. The second-order valence-corrected chi connectivity index (χ2v) is 7.77. The molecule has 2 aromatic carbocycles. The third-order valence-electron chi connectivity index (χ3n) is 5.35. The van der Waals surface area contributed by atoms with Gasteiger partial charge in [0.1, 0.15) is 0 Å². The number of aryl methyl sites for hydroxylation is 2. The van der Waals surface area contributed by atoms with E-state index in [4.69, 9.17) is 25.3 Å². The van der Waals surface area contributed by atoms with Gasteiger partial charge in [-0.25, -0.2) is 0 Å². The van der Waals surface area contributed by atoms with E-state index in [-0.39, 0.29) is 0 Å². The van der Waals surface area contributed by atoms with Gasteiger partial charge in [-0.3, -0.25) is 0 Å². The molecule has 0 spiro atoms. The molecule has 0 fully saturated rings. The fourth-order valence-electron chi connectivity index (χ4n) is 4.28. The van der Waals surface area contributed by atoms with E-state index < -0.39 is 0 Å². The Morgan fingerprint density at radius 2 is 1.68 bits per heavy atom. The van der Waals surface area contributed by atoms with Crippen molar-refractivity contribution >= 4 is 25.3 Å². The van der Waals surface area contributed by atoms with Crippen LogP contribution in [0.3, 0.4) is 0 Å². The molecule has 0 amide bonds. The minimum Gasteiger partial charge on any atom is -0.175 e. The highest BCUT2D eigenvalue weighted by Gasteiger charge is 2.32. The summed E-state index contributed by atoms with van der Waals surface area (Å²) in [7, 11) is 0. The largest absolute Gasteiger partial charge is 0.175 e. The van der Waals surface area contributed by atoms with E-state index in [2.05, 4.69) is 36.4 Å².